The molecule has 0 saturated carbocycles. The van der Waals surface area contributed by atoms with Gasteiger partial charge in [-0.2, -0.15) is 0 Å². The van der Waals surface area contributed by atoms with Gasteiger partial charge < -0.3 is 4.74 Å². The molecule has 20 heavy (non-hydrogen) atoms. The largest absolute Gasteiger partial charge is 0.463 e. The van der Waals surface area contributed by atoms with Crippen molar-refractivity contribution in [3.8, 4) is 0 Å². The molecular formula is C13H10Cl2O5. The first-order chi connectivity index (χ1) is 9.35. The van der Waals surface area contributed by atoms with Crippen LogP contribution < -0.4 is 0 Å². The average Bonchev–Trinajstić information content (AvgIpc) is 2.37. The van der Waals surface area contributed by atoms with Crippen LogP contribution in [0.5, 0.6) is 0 Å². The van der Waals surface area contributed by atoms with Crippen molar-refractivity contribution in [3.63, 3.8) is 0 Å². The third-order valence-electron chi connectivity index (χ3n) is 2.36. The Morgan fingerprint density at radius 1 is 1.10 bits per heavy atom. The predicted molar refractivity (Wildman–Crippen MR) is 72.1 cm³/mol. The van der Waals surface area contributed by atoms with Crippen LogP contribution in [0.15, 0.2) is 18.2 Å². The highest BCUT2D eigenvalue weighted by molar-refractivity contribution is 6.39. The zero-order chi connectivity index (χ0) is 15.3. The Balaban J connectivity index is 2.69. The van der Waals surface area contributed by atoms with E-state index in [-0.39, 0.29) is 10.6 Å². The van der Waals surface area contributed by atoms with Crippen molar-refractivity contribution in [2.45, 2.75) is 12.8 Å². The molecule has 0 aliphatic rings. The third kappa shape index (κ3) is 4.43. The van der Waals surface area contributed by atoms with Gasteiger partial charge in [-0.05, 0) is 18.2 Å². The van der Waals surface area contributed by atoms with Crippen LogP contribution in [0.1, 0.15) is 23.2 Å². The maximum Gasteiger partial charge on any atom is 0.374 e. The first-order valence-electron chi connectivity index (χ1n) is 5.46. The summed E-state index contributed by atoms with van der Waals surface area (Å²) >= 11 is 11.5. The van der Waals surface area contributed by atoms with Crippen molar-refractivity contribution in [1.82, 2.24) is 0 Å². The van der Waals surface area contributed by atoms with Crippen LogP contribution in [0, 0.1) is 0 Å². The Morgan fingerprint density at radius 2 is 1.75 bits per heavy atom. The fourth-order valence-electron chi connectivity index (χ4n) is 1.42. The van der Waals surface area contributed by atoms with E-state index < -0.39 is 36.2 Å². The van der Waals surface area contributed by atoms with Gasteiger partial charge in [-0.25, -0.2) is 4.79 Å². The molecule has 7 heteroatoms. The van der Waals surface area contributed by atoms with Crippen molar-refractivity contribution in [2.75, 3.05) is 7.11 Å². The quantitative estimate of drug-likeness (QED) is 0.348. The van der Waals surface area contributed by atoms with Crippen LogP contribution in [0.4, 0.5) is 0 Å². The summed E-state index contributed by atoms with van der Waals surface area (Å²) in [7, 11) is 1.03. The Bertz CT molecular complexity index is 580. The van der Waals surface area contributed by atoms with Crippen LogP contribution >= 0.6 is 23.2 Å². The number of hydrogen-bond acceptors (Lipinski definition) is 5. The van der Waals surface area contributed by atoms with Gasteiger partial charge in [-0.15, -0.1) is 0 Å². The van der Waals surface area contributed by atoms with E-state index in [0.717, 1.165) is 7.11 Å². The molecule has 0 radical (unpaired) electrons. The summed E-state index contributed by atoms with van der Waals surface area (Å²) in [5.41, 5.74) is 0.134. The number of carbonyl (C=O) groups is 4. The summed E-state index contributed by atoms with van der Waals surface area (Å²) in [6.45, 7) is 0. The number of rotatable bonds is 6. The Labute approximate surface area is 124 Å². The van der Waals surface area contributed by atoms with Crippen LogP contribution in [-0.2, 0) is 19.1 Å². The second-order valence-corrected chi connectivity index (χ2v) is 4.70. The zero-order valence-electron chi connectivity index (χ0n) is 10.4. The second-order valence-electron chi connectivity index (χ2n) is 3.85. The van der Waals surface area contributed by atoms with E-state index in [1.165, 1.54) is 18.2 Å². The van der Waals surface area contributed by atoms with Crippen LogP contribution in [0.3, 0.4) is 0 Å². The summed E-state index contributed by atoms with van der Waals surface area (Å²) in [6, 6.07) is 4.23. The lowest BCUT2D eigenvalue weighted by Crippen LogP contribution is -2.20. The number of halogens is 2. The smallest absolute Gasteiger partial charge is 0.374 e. The summed E-state index contributed by atoms with van der Waals surface area (Å²) in [5, 5.41) is 0.480. The van der Waals surface area contributed by atoms with Gasteiger partial charge >= 0.3 is 5.97 Å². The Hall–Kier alpha value is -1.72. The fraction of sp³-hybridized carbons (Fsp3) is 0.231. The number of ketones is 3. The monoisotopic (exact) mass is 316 g/mol. The lowest BCUT2D eigenvalue weighted by Gasteiger charge is -2.03. The van der Waals surface area contributed by atoms with E-state index >= 15 is 0 Å². The molecule has 0 N–H and O–H groups in total. The molecule has 0 aliphatic heterocycles. The van der Waals surface area contributed by atoms with Crippen LogP contribution in [-0.4, -0.2) is 30.4 Å². The minimum absolute atomic E-state index is 0.120. The second kappa shape index (κ2) is 7.17. The molecule has 0 saturated heterocycles. The van der Waals surface area contributed by atoms with E-state index in [1.807, 2.05) is 0 Å². The maximum absolute atomic E-state index is 11.8. The summed E-state index contributed by atoms with van der Waals surface area (Å²) < 4.78 is 4.17. The van der Waals surface area contributed by atoms with Crippen molar-refractivity contribution < 1.29 is 23.9 Å². The number of carbonyl (C=O) groups excluding carboxylic acids is 4. The Kier molecular flexibility index (Phi) is 5.85. The van der Waals surface area contributed by atoms with E-state index in [9.17, 15) is 19.2 Å². The van der Waals surface area contributed by atoms with Gasteiger partial charge in [-0.3, -0.25) is 14.4 Å². The van der Waals surface area contributed by atoms with Crippen molar-refractivity contribution in [2.24, 2.45) is 0 Å². The van der Waals surface area contributed by atoms with Crippen molar-refractivity contribution in [1.29, 1.82) is 0 Å². The summed E-state index contributed by atoms with van der Waals surface area (Å²) in [6.07, 6.45) is -1.20. The van der Waals surface area contributed by atoms with Crippen LogP contribution in [0.2, 0.25) is 10.0 Å². The molecule has 0 fully saturated rings. The molecule has 106 valence electrons. The van der Waals surface area contributed by atoms with Gasteiger partial charge in [0.25, 0.3) is 0 Å². The zero-order valence-corrected chi connectivity index (χ0v) is 12.0. The molecule has 0 atom stereocenters. The molecule has 0 aliphatic carbocycles. The molecule has 1 aromatic carbocycles. The molecule has 1 rings (SSSR count). The van der Waals surface area contributed by atoms with E-state index in [1.54, 1.807) is 0 Å². The highest BCUT2D eigenvalue weighted by Gasteiger charge is 2.21. The molecule has 0 aromatic heterocycles. The van der Waals surface area contributed by atoms with E-state index in [4.69, 9.17) is 23.2 Å². The maximum atomic E-state index is 11.8. The summed E-state index contributed by atoms with van der Waals surface area (Å²) in [4.78, 5) is 45.4. The average molecular weight is 317 g/mol. The number of benzene rings is 1. The molecule has 0 spiro atoms. The fourth-order valence-corrected chi connectivity index (χ4v) is 1.93. The number of methoxy groups -OCH3 is 1. The lowest BCUT2D eigenvalue weighted by molar-refractivity contribution is -0.152. The standard InChI is InChI=1S/C13H10Cl2O5/c1-20-13(19)12(18)6-8(16)5-11(17)9-3-2-7(14)4-10(9)15/h2-4H,5-6H2,1H3. The molecule has 0 amide bonds. The molecule has 0 heterocycles. The minimum Gasteiger partial charge on any atom is -0.463 e. The lowest BCUT2D eigenvalue weighted by atomic mass is 10.0. The SMILES string of the molecule is COC(=O)C(=O)CC(=O)CC(=O)c1ccc(Cl)cc1Cl. The van der Waals surface area contributed by atoms with Gasteiger partial charge in [0.15, 0.2) is 5.78 Å². The Morgan fingerprint density at radius 3 is 2.30 bits per heavy atom. The van der Waals surface area contributed by atoms with Crippen molar-refractivity contribution >= 4 is 46.5 Å². The molecule has 0 unspecified atom stereocenters. The molecule has 1 aromatic rings. The topological polar surface area (TPSA) is 77.5 Å². The van der Waals surface area contributed by atoms with Crippen molar-refractivity contribution in [3.05, 3.63) is 33.8 Å². The number of ether oxygens (including phenoxy) is 1. The van der Waals surface area contributed by atoms with Gasteiger partial charge in [0.2, 0.25) is 5.78 Å². The van der Waals surface area contributed by atoms with Gasteiger partial charge in [0.1, 0.15) is 5.78 Å². The molecule has 0 bridgehead atoms. The van der Waals surface area contributed by atoms with Gasteiger partial charge in [0.05, 0.1) is 25.0 Å². The number of Topliss-reactive ketones (excluding diaryl/α,β-unsaturated/α-hetero) is 3. The van der Waals surface area contributed by atoms with E-state index in [2.05, 4.69) is 4.74 Å². The minimum atomic E-state index is -1.12. The number of esters is 1. The van der Waals surface area contributed by atoms with E-state index in [0.29, 0.717) is 5.02 Å². The molecular weight excluding hydrogens is 307 g/mol. The van der Waals surface area contributed by atoms with Gasteiger partial charge in [0, 0.05) is 10.6 Å². The highest BCUT2D eigenvalue weighted by atomic mass is 35.5. The highest BCUT2D eigenvalue weighted by Crippen LogP contribution is 2.22. The third-order valence-corrected chi connectivity index (χ3v) is 2.91. The first kappa shape index (κ1) is 16.3. The normalized spacial score (nSPS) is 9.95. The first-order valence-corrected chi connectivity index (χ1v) is 6.22. The molecule has 5 nitrogen and oxygen atoms in total. The van der Waals surface area contributed by atoms with Gasteiger partial charge in [-0.1, -0.05) is 23.2 Å². The van der Waals surface area contributed by atoms with Crippen LogP contribution in [0.25, 0.3) is 0 Å². The predicted octanol–water partition coefficient (Wildman–Crippen LogP) is 2.27. The number of hydrogen-bond donors (Lipinski definition) is 0. The summed E-state index contributed by atoms with van der Waals surface area (Å²) in [5.74, 6) is -3.34.